The molecule has 12 rings (SSSR count). The third-order valence-electron chi connectivity index (χ3n) is 15.8. The lowest BCUT2D eigenvalue weighted by molar-refractivity contribution is -0.173. The SMILES string of the molecule is Cc1cc(N2C(=O)c3ccc(C(C)(c4ccc5c(c4)C(=O)N(c4ccc(-c6ccc(N7COc8ccccc8C7)cc6C)c(C(F)(F)F)c4)C5=O)C(F)(F)F)cc3C2=O)ccc1-c1ccc(N2COc3ccccc3C2)cc1C(F)(F)F. The predicted octanol–water partition coefficient (Wildman–Crippen LogP) is 14.9. The fraction of sp³-hybridized carbons (Fsp3) is 0.175. The molecule has 0 aromatic heterocycles. The number of carbonyl (C=O) groups excluding carboxylic acids is 4. The molecule has 0 spiro atoms. The summed E-state index contributed by atoms with van der Waals surface area (Å²) in [5.41, 5.74) is -5.10. The molecule has 414 valence electrons. The van der Waals surface area contributed by atoms with Gasteiger partial charge in [-0.2, -0.15) is 39.5 Å². The predicted molar refractivity (Wildman–Crippen MR) is 287 cm³/mol. The number of ether oxygens (including phenoxy) is 2. The van der Waals surface area contributed by atoms with Crippen LogP contribution in [0.3, 0.4) is 0 Å². The molecule has 0 saturated carbocycles. The largest absolute Gasteiger partial charge is 0.473 e. The van der Waals surface area contributed by atoms with Crippen LogP contribution in [0.5, 0.6) is 11.5 Å². The molecule has 4 aliphatic heterocycles. The average Bonchev–Trinajstić information content (AvgIpc) is 4.04. The highest BCUT2D eigenvalue weighted by Crippen LogP contribution is 2.50. The molecule has 4 aliphatic rings. The molecule has 10 nitrogen and oxygen atoms in total. The molecule has 0 saturated heterocycles. The molecule has 1 atom stereocenters. The van der Waals surface area contributed by atoms with Gasteiger partial charge in [0.1, 0.15) is 16.9 Å². The first-order valence-electron chi connectivity index (χ1n) is 25.6. The summed E-state index contributed by atoms with van der Waals surface area (Å²) in [6, 6.07) is 36.0. The van der Waals surface area contributed by atoms with Crippen LogP contribution in [0.1, 0.15) is 92.9 Å². The summed E-state index contributed by atoms with van der Waals surface area (Å²) in [4.78, 5) is 61.0. The number of hydrogen-bond donors (Lipinski definition) is 0. The number of alkyl halides is 9. The van der Waals surface area contributed by atoms with Crippen molar-refractivity contribution >= 4 is 46.4 Å². The lowest BCUT2D eigenvalue weighted by atomic mass is 9.74. The van der Waals surface area contributed by atoms with Crippen molar-refractivity contribution in [2.45, 2.75) is 57.8 Å². The number of benzene rings is 8. The number of halogens is 9. The van der Waals surface area contributed by atoms with Gasteiger partial charge in [0.05, 0.1) is 44.8 Å². The Kier molecular flexibility index (Phi) is 12.4. The molecule has 0 aliphatic carbocycles. The highest BCUT2D eigenvalue weighted by Gasteiger charge is 2.55. The molecule has 1 unspecified atom stereocenters. The van der Waals surface area contributed by atoms with Crippen molar-refractivity contribution < 1.29 is 68.2 Å². The minimum Gasteiger partial charge on any atom is -0.473 e. The normalized spacial score (nSPS) is 15.9. The quantitative estimate of drug-likeness (QED) is 0.110. The molecule has 0 N–H and O–H groups in total. The summed E-state index contributed by atoms with van der Waals surface area (Å²) in [5, 5.41) is 0. The van der Waals surface area contributed by atoms with Crippen molar-refractivity contribution in [1.82, 2.24) is 0 Å². The van der Waals surface area contributed by atoms with Gasteiger partial charge in [0.2, 0.25) is 0 Å². The molecule has 0 radical (unpaired) electrons. The van der Waals surface area contributed by atoms with E-state index >= 15 is 26.3 Å². The fourth-order valence-electron chi connectivity index (χ4n) is 11.3. The summed E-state index contributed by atoms with van der Waals surface area (Å²) < 4.78 is 148. The Morgan fingerprint density at radius 3 is 1.17 bits per heavy atom. The Balaban J connectivity index is 0.811. The number of nitrogens with zero attached hydrogens (tertiary/aromatic N) is 4. The first-order chi connectivity index (χ1) is 38.9. The minimum atomic E-state index is -5.18. The van der Waals surface area contributed by atoms with Gasteiger partial charge < -0.3 is 19.3 Å². The van der Waals surface area contributed by atoms with E-state index in [-0.39, 0.29) is 63.8 Å². The van der Waals surface area contributed by atoms with Crippen molar-refractivity contribution in [2.75, 3.05) is 33.1 Å². The van der Waals surface area contributed by atoms with Crippen LogP contribution in [0.2, 0.25) is 0 Å². The number of rotatable bonds is 8. The van der Waals surface area contributed by atoms with Crippen molar-refractivity contribution in [1.29, 1.82) is 0 Å². The van der Waals surface area contributed by atoms with E-state index in [1.165, 1.54) is 43.3 Å². The first-order valence-corrected chi connectivity index (χ1v) is 25.6. The van der Waals surface area contributed by atoms with E-state index in [4.69, 9.17) is 9.47 Å². The summed E-state index contributed by atoms with van der Waals surface area (Å²) >= 11 is 0. The molecular formula is C63H43F9N4O6. The molecule has 0 fully saturated rings. The zero-order valence-electron chi connectivity index (χ0n) is 43.5. The van der Waals surface area contributed by atoms with Crippen LogP contribution in [-0.4, -0.2) is 43.3 Å². The van der Waals surface area contributed by atoms with E-state index in [0.717, 1.165) is 78.4 Å². The van der Waals surface area contributed by atoms with Gasteiger partial charge in [-0.3, -0.25) is 19.2 Å². The third kappa shape index (κ3) is 8.76. The maximum atomic E-state index is 15.7. The van der Waals surface area contributed by atoms with Crippen LogP contribution in [0, 0.1) is 13.8 Å². The van der Waals surface area contributed by atoms with Crippen LogP contribution < -0.4 is 29.1 Å². The van der Waals surface area contributed by atoms with Crippen molar-refractivity contribution in [3.63, 3.8) is 0 Å². The van der Waals surface area contributed by atoms with Crippen molar-refractivity contribution in [3.05, 3.63) is 224 Å². The molecule has 4 heterocycles. The topological polar surface area (TPSA) is 99.7 Å². The minimum absolute atomic E-state index is 0.0103. The second-order valence-electron chi connectivity index (χ2n) is 20.6. The standard InChI is InChI=1S/C63H43F9N4O6/c1-34-24-40(73-30-36-8-4-6-10-54(36)81-32-73)14-20-44(34)47-23-17-43(29-53(47)62(67,68)69)76-57(78)49-19-13-39(27-51(49)59(76)80)60(3,63(70,71)72)38-12-18-48-50(26-38)58(79)75(56(48)77)42-16-21-45(35(2)25-42)46-22-15-41(28-52(46)61(64,65)66)74-31-37-9-5-7-11-55(37)82-33-74/h4-29H,30-33H2,1-3H3. The van der Waals surface area contributed by atoms with Gasteiger partial charge in [0, 0.05) is 35.6 Å². The third-order valence-corrected chi connectivity index (χ3v) is 15.8. The van der Waals surface area contributed by atoms with Crippen LogP contribution in [0.4, 0.5) is 62.3 Å². The van der Waals surface area contributed by atoms with Crippen LogP contribution >= 0.6 is 0 Å². The van der Waals surface area contributed by atoms with Gasteiger partial charge in [-0.05, 0) is 150 Å². The summed E-state index contributed by atoms with van der Waals surface area (Å²) in [6.07, 6.45) is -15.0. The van der Waals surface area contributed by atoms with Crippen LogP contribution in [-0.2, 0) is 30.9 Å². The number of anilines is 4. The van der Waals surface area contributed by atoms with Crippen molar-refractivity contribution in [2.24, 2.45) is 0 Å². The van der Waals surface area contributed by atoms with Gasteiger partial charge in [0.15, 0.2) is 13.5 Å². The van der Waals surface area contributed by atoms with E-state index in [1.807, 2.05) is 35.2 Å². The molecule has 19 heteroatoms. The monoisotopic (exact) mass is 1120 g/mol. The van der Waals surface area contributed by atoms with Crippen LogP contribution in [0.15, 0.2) is 158 Å². The summed E-state index contributed by atoms with van der Waals surface area (Å²) in [6.45, 7) is 4.93. The molecule has 8 aromatic rings. The molecule has 0 bridgehead atoms. The second-order valence-corrected chi connectivity index (χ2v) is 20.6. The number of imide groups is 2. The van der Waals surface area contributed by atoms with E-state index in [9.17, 15) is 32.3 Å². The number of amides is 4. The summed E-state index contributed by atoms with van der Waals surface area (Å²) in [5.74, 6) is -2.84. The van der Waals surface area contributed by atoms with E-state index in [2.05, 4.69) is 0 Å². The van der Waals surface area contributed by atoms with Crippen LogP contribution in [0.25, 0.3) is 22.3 Å². The first kappa shape index (κ1) is 53.3. The Morgan fingerprint density at radius 1 is 0.390 bits per heavy atom. The number of carbonyl (C=O) groups is 4. The maximum absolute atomic E-state index is 15.7. The maximum Gasteiger partial charge on any atom is 0.417 e. The second kappa shape index (κ2) is 19.1. The number of fused-ring (bicyclic) bond motifs is 4. The highest BCUT2D eigenvalue weighted by molar-refractivity contribution is 6.35. The van der Waals surface area contributed by atoms with E-state index in [0.29, 0.717) is 46.0 Å². The van der Waals surface area contributed by atoms with Gasteiger partial charge >= 0.3 is 18.5 Å². The number of para-hydroxylation sites is 2. The number of aryl methyl sites for hydroxylation is 2. The molecule has 8 aromatic carbocycles. The Labute approximate surface area is 462 Å². The van der Waals surface area contributed by atoms with Gasteiger partial charge in [0.25, 0.3) is 23.6 Å². The van der Waals surface area contributed by atoms with Gasteiger partial charge in [-0.25, -0.2) is 9.80 Å². The molecular weight excluding hydrogens is 1080 g/mol. The Bertz CT molecular complexity index is 4040. The lowest BCUT2D eigenvalue weighted by Gasteiger charge is -2.33. The van der Waals surface area contributed by atoms with Crippen molar-refractivity contribution in [3.8, 4) is 33.8 Å². The average molecular weight is 1120 g/mol. The molecule has 4 amide bonds. The zero-order valence-corrected chi connectivity index (χ0v) is 43.5. The van der Waals surface area contributed by atoms with Gasteiger partial charge in [-0.1, -0.05) is 72.8 Å². The lowest BCUT2D eigenvalue weighted by Crippen LogP contribution is -2.41. The Hall–Kier alpha value is -9.39. The Morgan fingerprint density at radius 2 is 0.744 bits per heavy atom. The highest BCUT2D eigenvalue weighted by atomic mass is 19.4. The van der Waals surface area contributed by atoms with E-state index in [1.54, 1.807) is 42.2 Å². The smallest absolute Gasteiger partial charge is 0.417 e. The fourth-order valence-corrected chi connectivity index (χ4v) is 11.3. The number of hydrogen-bond acceptors (Lipinski definition) is 8. The zero-order chi connectivity index (χ0) is 57.9. The van der Waals surface area contributed by atoms with Gasteiger partial charge in [-0.15, -0.1) is 0 Å². The van der Waals surface area contributed by atoms with E-state index < -0.39 is 86.6 Å². The molecule has 82 heavy (non-hydrogen) atoms. The summed E-state index contributed by atoms with van der Waals surface area (Å²) in [7, 11) is 0.